The fourth-order valence-electron chi connectivity index (χ4n) is 0.544. The van der Waals surface area contributed by atoms with Gasteiger partial charge in [-0.15, -0.1) is 0 Å². The first-order valence-electron chi connectivity index (χ1n) is 3.07. The molecule has 0 atom stereocenters. The molecule has 0 saturated carbocycles. The second kappa shape index (κ2) is 4.68. The van der Waals surface area contributed by atoms with E-state index in [1.165, 1.54) is 6.21 Å². The molecular weight excluding hydrogens is 124 g/mol. The van der Waals surface area contributed by atoms with Crippen LogP contribution in [0, 0.1) is 5.41 Å². The third-order valence-corrected chi connectivity index (χ3v) is 1.16. The average molecular weight is 136 g/mol. The lowest BCUT2D eigenvalue weighted by Gasteiger charge is -1.93. The van der Waals surface area contributed by atoms with Crippen LogP contribution in [0.2, 0.25) is 0 Å². The third kappa shape index (κ3) is 2.40. The number of hydrogen-bond donors (Lipinski definition) is 1. The monoisotopic (exact) mass is 136 g/mol. The summed E-state index contributed by atoms with van der Waals surface area (Å²) in [6, 6.07) is 0. The van der Waals surface area contributed by atoms with E-state index in [9.17, 15) is 0 Å². The van der Waals surface area contributed by atoms with Gasteiger partial charge in [-0.05, 0) is 20.6 Å². The van der Waals surface area contributed by atoms with Gasteiger partial charge in [-0.25, -0.2) is 0 Å². The van der Waals surface area contributed by atoms with Gasteiger partial charge in [0.25, 0.3) is 0 Å². The number of hydrogen-bond acceptors (Lipinski definition) is 2. The molecule has 0 saturated heterocycles. The Labute approximate surface area is 61.5 Å². The van der Waals surface area contributed by atoms with Crippen LogP contribution in [0.4, 0.5) is 0 Å². The summed E-state index contributed by atoms with van der Waals surface area (Å²) in [5.41, 5.74) is 1.59. The number of nitrogens with zero attached hydrogens (tertiary/aromatic N) is 1. The lowest BCUT2D eigenvalue weighted by Crippen LogP contribution is -1.82. The zero-order chi connectivity index (χ0) is 7.98. The lowest BCUT2D eigenvalue weighted by atomic mass is 10.2. The highest BCUT2D eigenvalue weighted by Gasteiger charge is 1.89. The maximum absolute atomic E-state index is 6.98. The summed E-state index contributed by atoms with van der Waals surface area (Å²) in [6.07, 6.45) is 4.97. The van der Waals surface area contributed by atoms with Gasteiger partial charge in [0.1, 0.15) is 0 Å². The van der Waals surface area contributed by atoms with Gasteiger partial charge in [-0.3, -0.25) is 4.99 Å². The Morgan fingerprint density at radius 2 is 2.20 bits per heavy atom. The topological polar surface area (TPSA) is 36.2 Å². The van der Waals surface area contributed by atoms with E-state index in [0.717, 1.165) is 11.3 Å². The minimum atomic E-state index is 0.785. The van der Waals surface area contributed by atoms with Crippen LogP contribution >= 0.6 is 0 Å². The fourth-order valence-corrected chi connectivity index (χ4v) is 0.544. The highest BCUT2D eigenvalue weighted by Crippen LogP contribution is 2.02. The molecule has 0 aromatic heterocycles. The van der Waals surface area contributed by atoms with Crippen molar-refractivity contribution in [2.75, 3.05) is 0 Å². The second-order valence-electron chi connectivity index (χ2n) is 1.84. The van der Waals surface area contributed by atoms with Crippen LogP contribution in [-0.2, 0) is 0 Å². The molecule has 0 amide bonds. The minimum Gasteiger partial charge on any atom is -0.308 e. The van der Waals surface area contributed by atoms with Crippen molar-refractivity contribution in [3.05, 3.63) is 23.4 Å². The van der Waals surface area contributed by atoms with Crippen LogP contribution in [0.3, 0.4) is 0 Å². The quantitative estimate of drug-likeness (QED) is 0.456. The van der Waals surface area contributed by atoms with Crippen LogP contribution in [-0.4, -0.2) is 12.9 Å². The molecule has 0 aliphatic rings. The molecule has 0 heterocycles. The van der Waals surface area contributed by atoms with E-state index in [0.29, 0.717) is 0 Å². The number of aliphatic imine (C=N–C) groups is 1. The summed E-state index contributed by atoms with van der Waals surface area (Å²) in [4.78, 5) is 3.71. The Kier molecular flexibility index (Phi) is 4.12. The minimum absolute atomic E-state index is 0.785. The van der Waals surface area contributed by atoms with Gasteiger partial charge in [0.2, 0.25) is 0 Å². The smallest absolute Gasteiger partial charge is 0.0452 e. The molecule has 0 spiro atoms. The molecule has 2 nitrogen and oxygen atoms in total. The molecule has 0 aliphatic carbocycles. The fraction of sp³-hybridized carbons (Fsp3) is 0.250. The van der Waals surface area contributed by atoms with Crippen molar-refractivity contribution in [3.63, 3.8) is 0 Å². The van der Waals surface area contributed by atoms with Gasteiger partial charge in [0.15, 0.2) is 0 Å². The summed E-state index contributed by atoms with van der Waals surface area (Å²) in [5, 5.41) is 6.98. The van der Waals surface area contributed by atoms with Crippen LogP contribution in [0.25, 0.3) is 0 Å². The first-order valence-corrected chi connectivity index (χ1v) is 3.07. The molecule has 10 heavy (non-hydrogen) atoms. The van der Waals surface area contributed by atoms with Gasteiger partial charge in [-0.1, -0.05) is 12.2 Å². The molecule has 0 bridgehead atoms. The van der Waals surface area contributed by atoms with Crippen molar-refractivity contribution < 1.29 is 0 Å². The predicted octanol–water partition coefficient (Wildman–Crippen LogP) is 2.19. The summed E-state index contributed by atoms with van der Waals surface area (Å²) >= 11 is 0. The van der Waals surface area contributed by atoms with Crippen LogP contribution in [0.1, 0.15) is 13.8 Å². The lowest BCUT2D eigenvalue weighted by molar-refractivity contribution is 1.30. The molecule has 0 aliphatic heterocycles. The summed E-state index contributed by atoms with van der Waals surface area (Å²) in [7, 11) is 0. The number of nitrogens with one attached hydrogen (secondary N) is 1. The molecule has 0 aromatic rings. The van der Waals surface area contributed by atoms with Crippen molar-refractivity contribution in [3.8, 4) is 0 Å². The second-order valence-corrected chi connectivity index (χ2v) is 1.84. The van der Waals surface area contributed by atoms with E-state index in [2.05, 4.69) is 11.7 Å². The first-order chi connectivity index (χ1) is 4.76. The molecule has 54 valence electrons. The van der Waals surface area contributed by atoms with Gasteiger partial charge >= 0.3 is 0 Å². The molecule has 2 heteroatoms. The Hall–Kier alpha value is -1.18. The van der Waals surface area contributed by atoms with Crippen LogP contribution in [0.5, 0.6) is 0 Å². The Morgan fingerprint density at radius 1 is 1.60 bits per heavy atom. The molecular formula is C8H12N2. The molecule has 0 rings (SSSR count). The van der Waals surface area contributed by atoms with Crippen molar-refractivity contribution in [1.82, 2.24) is 0 Å². The van der Waals surface area contributed by atoms with Crippen LogP contribution in [0.15, 0.2) is 28.4 Å². The maximum atomic E-state index is 6.98. The van der Waals surface area contributed by atoms with Crippen molar-refractivity contribution in [2.45, 2.75) is 13.8 Å². The largest absolute Gasteiger partial charge is 0.308 e. The molecule has 1 N–H and O–H groups in total. The predicted molar refractivity (Wildman–Crippen MR) is 45.8 cm³/mol. The molecule has 0 fully saturated rings. The van der Waals surface area contributed by atoms with E-state index in [1.807, 2.05) is 26.0 Å². The Balaban J connectivity index is 4.61. The molecule has 0 radical (unpaired) electrons. The number of allylic oxidation sites excluding steroid dienone is 4. The van der Waals surface area contributed by atoms with Crippen molar-refractivity contribution >= 4 is 12.9 Å². The van der Waals surface area contributed by atoms with E-state index in [1.54, 1.807) is 0 Å². The van der Waals surface area contributed by atoms with Gasteiger partial charge in [0.05, 0.1) is 0 Å². The van der Waals surface area contributed by atoms with E-state index < -0.39 is 0 Å². The molecule has 0 aromatic carbocycles. The van der Waals surface area contributed by atoms with Gasteiger partial charge in [0, 0.05) is 17.5 Å². The highest BCUT2D eigenvalue weighted by molar-refractivity contribution is 5.80. The zero-order valence-electron chi connectivity index (χ0n) is 6.39. The summed E-state index contributed by atoms with van der Waals surface area (Å²) in [5.74, 6) is 0. The Bertz CT molecular complexity index is 187. The van der Waals surface area contributed by atoms with Gasteiger partial charge < -0.3 is 5.41 Å². The van der Waals surface area contributed by atoms with Gasteiger partial charge in [-0.2, -0.15) is 0 Å². The average Bonchev–Trinajstić information content (AvgIpc) is 1.99. The first kappa shape index (κ1) is 8.82. The normalized spacial score (nSPS) is 13.0. The maximum Gasteiger partial charge on any atom is 0.0452 e. The third-order valence-electron chi connectivity index (χ3n) is 1.16. The zero-order valence-corrected chi connectivity index (χ0v) is 6.39. The van der Waals surface area contributed by atoms with E-state index >= 15 is 0 Å². The van der Waals surface area contributed by atoms with E-state index in [-0.39, 0.29) is 0 Å². The van der Waals surface area contributed by atoms with Crippen molar-refractivity contribution in [1.29, 1.82) is 5.41 Å². The molecule has 0 unspecified atom stereocenters. The SMILES string of the molecule is C=N/C(C)=C(C=N)/C=C\C. The highest BCUT2D eigenvalue weighted by atomic mass is 14.7. The Morgan fingerprint density at radius 3 is 2.50 bits per heavy atom. The summed E-state index contributed by atoms with van der Waals surface area (Å²) in [6.45, 7) is 7.10. The van der Waals surface area contributed by atoms with Crippen LogP contribution < -0.4 is 0 Å². The standard InChI is InChI=1S/C8H12N2/c1-4-5-8(6-9)7(2)10-3/h4-6,9H,3H2,1-2H3/b5-4-,8-7-,9-6?. The van der Waals surface area contributed by atoms with Crippen molar-refractivity contribution in [2.24, 2.45) is 4.99 Å². The van der Waals surface area contributed by atoms with E-state index in [4.69, 9.17) is 5.41 Å². The number of rotatable bonds is 3. The summed E-state index contributed by atoms with van der Waals surface area (Å²) < 4.78 is 0.